The predicted molar refractivity (Wildman–Crippen MR) is 147 cm³/mol. The predicted octanol–water partition coefficient (Wildman–Crippen LogP) is 8.02. The van der Waals surface area contributed by atoms with Crippen molar-refractivity contribution in [3.8, 4) is 34.3 Å². The topological polar surface area (TPSA) is 54.5 Å². The lowest BCUT2D eigenvalue weighted by Crippen LogP contribution is -1.94. The molecule has 0 saturated carbocycles. The first-order chi connectivity index (χ1) is 18.2. The third kappa shape index (κ3) is 4.44. The van der Waals surface area contributed by atoms with Gasteiger partial charge in [-0.25, -0.2) is 14.1 Å². The minimum atomic E-state index is -0.298. The molecule has 6 aromatic rings. The monoisotopic (exact) mass is 498 g/mol. The molecule has 4 aromatic carbocycles. The molecule has 0 atom stereocenters. The molecule has 176 valence electrons. The quantitative estimate of drug-likeness (QED) is 0.226. The first-order valence-electron chi connectivity index (χ1n) is 11.7. The number of nitriles is 1. The number of para-hydroxylation sites is 1. The number of hydrogen-bond acceptors (Lipinski definition) is 4. The Hall–Kier alpha value is -4.86. The molecule has 0 bridgehead atoms. The number of rotatable bonds is 5. The molecule has 0 aliphatic rings. The molecular weight excluding hydrogens is 479 g/mol. The van der Waals surface area contributed by atoms with Crippen molar-refractivity contribution in [2.24, 2.45) is 0 Å². The van der Waals surface area contributed by atoms with E-state index >= 15 is 0 Å². The molecule has 0 aliphatic carbocycles. The average molecular weight is 499 g/mol. The van der Waals surface area contributed by atoms with Gasteiger partial charge in [-0.2, -0.15) is 10.4 Å². The fourth-order valence-electron chi connectivity index (χ4n) is 4.30. The van der Waals surface area contributed by atoms with Gasteiger partial charge in [0.25, 0.3) is 0 Å². The van der Waals surface area contributed by atoms with Crippen LogP contribution >= 0.6 is 11.3 Å². The van der Waals surface area contributed by atoms with Gasteiger partial charge in [0.15, 0.2) is 0 Å². The van der Waals surface area contributed by atoms with Gasteiger partial charge in [-0.3, -0.25) is 0 Å². The summed E-state index contributed by atoms with van der Waals surface area (Å²) in [7, 11) is 0. The molecule has 6 heteroatoms. The molecular formula is C31H19FN4S. The fourth-order valence-corrected chi connectivity index (χ4v) is 5.09. The minimum Gasteiger partial charge on any atom is -0.240 e. The maximum atomic E-state index is 13.4. The van der Waals surface area contributed by atoms with E-state index in [9.17, 15) is 9.65 Å². The lowest BCUT2D eigenvalue weighted by molar-refractivity contribution is 0.628. The summed E-state index contributed by atoms with van der Waals surface area (Å²) in [6, 6.07) is 32.8. The normalized spacial score (nSPS) is 11.5. The summed E-state index contributed by atoms with van der Waals surface area (Å²) >= 11 is 1.39. The highest BCUT2D eigenvalue weighted by atomic mass is 32.1. The Morgan fingerprint density at radius 2 is 1.65 bits per heavy atom. The van der Waals surface area contributed by atoms with Crippen LogP contribution in [0.25, 0.3) is 50.6 Å². The molecule has 0 fully saturated rings. The molecule has 2 heterocycles. The van der Waals surface area contributed by atoms with Gasteiger partial charge < -0.3 is 0 Å². The van der Waals surface area contributed by atoms with Crippen LogP contribution in [0.4, 0.5) is 4.39 Å². The Bertz CT molecular complexity index is 1790. The number of fused-ring (bicyclic) bond motifs is 1. The van der Waals surface area contributed by atoms with Crippen molar-refractivity contribution < 1.29 is 4.39 Å². The Morgan fingerprint density at radius 1 is 0.892 bits per heavy atom. The van der Waals surface area contributed by atoms with Crippen molar-refractivity contribution in [1.82, 2.24) is 14.8 Å². The van der Waals surface area contributed by atoms with E-state index in [4.69, 9.17) is 5.10 Å². The first kappa shape index (κ1) is 22.6. The number of halogens is 1. The van der Waals surface area contributed by atoms with Crippen LogP contribution in [0.3, 0.4) is 0 Å². The summed E-state index contributed by atoms with van der Waals surface area (Å²) in [6.07, 6.45) is 3.79. The highest BCUT2D eigenvalue weighted by Crippen LogP contribution is 2.34. The number of thiazole rings is 1. The standard InChI is InChI=1S/C31H19FN4S/c32-25-15-13-22(14-16-25)29-20-37-31(34-29)23(18-33)17-24-19-36(26-9-2-1-3-10-26)35-30(24)28-12-6-8-21-7-4-5-11-27(21)28/h1-17,19-20H/b23-17+. The van der Waals surface area contributed by atoms with E-state index in [-0.39, 0.29) is 5.82 Å². The fraction of sp³-hybridized carbons (Fsp3) is 0. The van der Waals surface area contributed by atoms with Crippen molar-refractivity contribution in [3.63, 3.8) is 0 Å². The highest BCUT2D eigenvalue weighted by molar-refractivity contribution is 7.11. The Kier molecular flexibility index (Phi) is 5.89. The zero-order chi connectivity index (χ0) is 25.2. The zero-order valence-corrected chi connectivity index (χ0v) is 20.4. The van der Waals surface area contributed by atoms with E-state index in [1.807, 2.05) is 70.9 Å². The maximum absolute atomic E-state index is 13.4. The van der Waals surface area contributed by atoms with E-state index in [1.165, 1.54) is 23.5 Å². The van der Waals surface area contributed by atoms with Crippen molar-refractivity contribution >= 4 is 33.8 Å². The second-order valence-electron chi connectivity index (χ2n) is 8.45. The summed E-state index contributed by atoms with van der Waals surface area (Å²) in [4.78, 5) is 4.67. The highest BCUT2D eigenvalue weighted by Gasteiger charge is 2.16. The molecule has 6 rings (SSSR count). The summed E-state index contributed by atoms with van der Waals surface area (Å²) in [5.41, 5.74) is 5.45. The van der Waals surface area contributed by atoms with E-state index in [0.29, 0.717) is 16.3 Å². The summed E-state index contributed by atoms with van der Waals surface area (Å²) in [6.45, 7) is 0. The SMILES string of the molecule is N#C/C(=C\c1cn(-c2ccccc2)nc1-c1cccc2ccccc12)c1nc(-c2ccc(F)cc2)cs1. The summed E-state index contributed by atoms with van der Waals surface area (Å²) in [5, 5.41) is 19.7. The smallest absolute Gasteiger partial charge is 0.134 e. The van der Waals surface area contributed by atoms with Crippen LogP contribution in [-0.4, -0.2) is 14.8 Å². The van der Waals surface area contributed by atoms with Crippen molar-refractivity contribution in [1.29, 1.82) is 5.26 Å². The molecule has 2 aromatic heterocycles. The van der Waals surface area contributed by atoms with Gasteiger partial charge >= 0.3 is 0 Å². The van der Waals surface area contributed by atoms with E-state index in [2.05, 4.69) is 35.3 Å². The Morgan fingerprint density at radius 3 is 2.46 bits per heavy atom. The second-order valence-corrected chi connectivity index (χ2v) is 9.31. The van der Waals surface area contributed by atoms with Gasteiger partial charge in [0, 0.05) is 28.3 Å². The largest absolute Gasteiger partial charge is 0.240 e. The van der Waals surface area contributed by atoms with Gasteiger partial charge in [-0.15, -0.1) is 11.3 Å². The number of hydrogen-bond donors (Lipinski definition) is 0. The molecule has 0 unspecified atom stereocenters. The van der Waals surface area contributed by atoms with Crippen LogP contribution in [0.2, 0.25) is 0 Å². The molecule has 0 radical (unpaired) electrons. The third-order valence-electron chi connectivity index (χ3n) is 6.10. The number of aromatic nitrogens is 3. The molecule has 0 aliphatic heterocycles. The van der Waals surface area contributed by atoms with E-state index in [1.54, 1.807) is 12.1 Å². The van der Waals surface area contributed by atoms with Gasteiger partial charge in [0.2, 0.25) is 0 Å². The van der Waals surface area contributed by atoms with Crippen molar-refractivity contribution in [2.75, 3.05) is 0 Å². The van der Waals surface area contributed by atoms with Crippen LogP contribution in [0, 0.1) is 17.1 Å². The lowest BCUT2D eigenvalue weighted by atomic mass is 9.99. The van der Waals surface area contributed by atoms with Gasteiger partial charge in [-0.05, 0) is 53.2 Å². The molecule has 0 N–H and O–H groups in total. The maximum Gasteiger partial charge on any atom is 0.134 e. The zero-order valence-electron chi connectivity index (χ0n) is 19.5. The third-order valence-corrected chi connectivity index (χ3v) is 6.98. The molecule has 0 amide bonds. The first-order valence-corrected chi connectivity index (χ1v) is 12.5. The number of allylic oxidation sites excluding steroid dienone is 1. The molecule has 0 saturated heterocycles. The number of benzene rings is 4. The Balaban J connectivity index is 1.49. The molecule has 37 heavy (non-hydrogen) atoms. The molecule has 0 spiro atoms. The molecule has 4 nitrogen and oxygen atoms in total. The summed E-state index contributed by atoms with van der Waals surface area (Å²) in [5.74, 6) is -0.298. The van der Waals surface area contributed by atoms with Crippen LogP contribution < -0.4 is 0 Å². The van der Waals surface area contributed by atoms with Crippen LogP contribution in [0.1, 0.15) is 10.6 Å². The lowest BCUT2D eigenvalue weighted by Gasteiger charge is -2.05. The second kappa shape index (κ2) is 9.65. The summed E-state index contributed by atoms with van der Waals surface area (Å²) < 4.78 is 15.2. The van der Waals surface area contributed by atoms with E-state index < -0.39 is 0 Å². The van der Waals surface area contributed by atoms with Gasteiger partial charge in [0.05, 0.1) is 17.0 Å². The van der Waals surface area contributed by atoms with E-state index in [0.717, 1.165) is 38.8 Å². The minimum absolute atomic E-state index is 0.298. The average Bonchev–Trinajstić information content (AvgIpc) is 3.60. The van der Waals surface area contributed by atoms with Gasteiger partial charge in [-0.1, -0.05) is 60.7 Å². The van der Waals surface area contributed by atoms with Crippen molar-refractivity contribution in [2.45, 2.75) is 0 Å². The van der Waals surface area contributed by atoms with Crippen molar-refractivity contribution in [3.05, 3.63) is 125 Å². The van der Waals surface area contributed by atoms with Crippen LogP contribution in [0.5, 0.6) is 0 Å². The number of nitrogens with zero attached hydrogens (tertiary/aromatic N) is 4. The Labute approximate surface area is 217 Å². The van der Waals surface area contributed by atoms with Gasteiger partial charge in [0.1, 0.15) is 22.6 Å². The van der Waals surface area contributed by atoms with Crippen LogP contribution in [0.15, 0.2) is 109 Å². The van der Waals surface area contributed by atoms with Crippen LogP contribution in [-0.2, 0) is 0 Å².